The lowest BCUT2D eigenvalue weighted by Gasteiger charge is -2.40. The van der Waals surface area contributed by atoms with E-state index in [-0.39, 0.29) is 19.4 Å². The number of rotatable bonds is 3. The van der Waals surface area contributed by atoms with Crippen LogP contribution in [0.5, 0.6) is 0 Å². The zero-order chi connectivity index (χ0) is 15.8. The Morgan fingerprint density at radius 1 is 1.36 bits per heavy atom. The first-order valence-electron chi connectivity index (χ1n) is 7.72. The lowest BCUT2D eigenvalue weighted by atomic mass is 9.91. The molecule has 2 fully saturated rings. The average molecular weight is 314 g/mol. The first-order valence-corrected chi connectivity index (χ1v) is 7.72. The van der Waals surface area contributed by atoms with E-state index in [0.29, 0.717) is 31.5 Å². The van der Waals surface area contributed by atoms with Gasteiger partial charge in [-0.05, 0) is 32.1 Å². The van der Waals surface area contributed by atoms with Gasteiger partial charge in [-0.2, -0.15) is 13.9 Å². The van der Waals surface area contributed by atoms with E-state index in [9.17, 15) is 18.7 Å². The van der Waals surface area contributed by atoms with Crippen molar-refractivity contribution < 1.29 is 18.7 Å². The van der Waals surface area contributed by atoms with E-state index in [1.54, 1.807) is 0 Å². The van der Waals surface area contributed by atoms with Crippen LogP contribution in [0.25, 0.3) is 0 Å². The number of aromatic amines is 1. The number of aromatic nitrogens is 3. The van der Waals surface area contributed by atoms with E-state index in [1.807, 2.05) is 0 Å². The van der Waals surface area contributed by atoms with Gasteiger partial charge in [0, 0.05) is 6.54 Å². The lowest BCUT2D eigenvalue weighted by Crippen LogP contribution is -2.58. The van der Waals surface area contributed by atoms with E-state index in [1.165, 1.54) is 6.33 Å². The lowest BCUT2D eigenvalue weighted by molar-refractivity contribution is -0.203. The second-order valence-corrected chi connectivity index (χ2v) is 6.19. The summed E-state index contributed by atoms with van der Waals surface area (Å²) in [6, 6.07) is -0.528. The first kappa shape index (κ1) is 15.3. The molecule has 8 heteroatoms. The van der Waals surface area contributed by atoms with Gasteiger partial charge in [0.25, 0.3) is 5.91 Å². The number of piperidine rings is 1. The van der Waals surface area contributed by atoms with Gasteiger partial charge in [0.15, 0.2) is 0 Å². The van der Waals surface area contributed by atoms with Crippen LogP contribution in [0.3, 0.4) is 0 Å². The first-order chi connectivity index (χ1) is 10.5. The molecule has 0 bridgehead atoms. The van der Waals surface area contributed by atoms with Gasteiger partial charge in [-0.15, -0.1) is 0 Å². The molecule has 2 aliphatic rings. The number of aliphatic hydroxyl groups is 1. The van der Waals surface area contributed by atoms with Crippen LogP contribution in [0.4, 0.5) is 8.78 Å². The minimum Gasteiger partial charge on any atom is -0.383 e. The molecule has 1 saturated heterocycles. The highest BCUT2D eigenvalue weighted by atomic mass is 19.3. The summed E-state index contributed by atoms with van der Waals surface area (Å²) < 4.78 is 29.2. The molecule has 6 nitrogen and oxygen atoms in total. The molecule has 1 aliphatic heterocycles. The molecule has 0 aromatic carbocycles. The third-order valence-corrected chi connectivity index (χ3v) is 4.80. The molecular formula is C14H20F2N4O2. The fourth-order valence-corrected chi connectivity index (χ4v) is 3.49. The maximum absolute atomic E-state index is 14.6. The van der Waals surface area contributed by atoms with E-state index in [4.69, 9.17) is 0 Å². The summed E-state index contributed by atoms with van der Waals surface area (Å²) in [7, 11) is 0. The van der Waals surface area contributed by atoms with Gasteiger partial charge in [-0.1, -0.05) is 12.8 Å². The Hall–Kier alpha value is -1.57. The summed E-state index contributed by atoms with van der Waals surface area (Å²) in [5.74, 6) is -4.64. The standard InChI is InChI=1S/C14H20F2N4O2/c15-14(16,13(22)6-2-3-7-13)12(21)20-8-4-1-5-10(20)11-17-9-18-19-11/h9-10,22H,1-8H2,(H,17,18,19)/t10-/m1/s1. The molecule has 2 heterocycles. The number of alkyl halides is 2. The second kappa shape index (κ2) is 5.57. The molecular weight excluding hydrogens is 294 g/mol. The molecule has 122 valence electrons. The van der Waals surface area contributed by atoms with Crippen LogP contribution >= 0.6 is 0 Å². The highest BCUT2D eigenvalue weighted by molar-refractivity contribution is 5.85. The molecule has 22 heavy (non-hydrogen) atoms. The largest absolute Gasteiger partial charge is 0.383 e. The van der Waals surface area contributed by atoms with Crippen molar-refractivity contribution in [1.82, 2.24) is 20.1 Å². The van der Waals surface area contributed by atoms with Crippen molar-refractivity contribution in [3.8, 4) is 0 Å². The summed E-state index contributed by atoms with van der Waals surface area (Å²) in [5.41, 5.74) is -2.21. The maximum Gasteiger partial charge on any atom is 0.352 e. The number of carbonyl (C=O) groups is 1. The number of hydrogen-bond acceptors (Lipinski definition) is 4. The normalized spacial score (nSPS) is 25.4. The van der Waals surface area contributed by atoms with Crippen LogP contribution in [0.15, 0.2) is 6.33 Å². The van der Waals surface area contributed by atoms with Gasteiger partial charge in [-0.25, -0.2) is 4.98 Å². The minimum atomic E-state index is -3.76. The smallest absolute Gasteiger partial charge is 0.352 e. The summed E-state index contributed by atoms with van der Waals surface area (Å²) in [4.78, 5) is 17.6. The van der Waals surface area contributed by atoms with E-state index in [0.717, 1.165) is 11.3 Å². The third-order valence-electron chi connectivity index (χ3n) is 4.80. The quantitative estimate of drug-likeness (QED) is 0.891. The molecule has 1 aromatic rings. The molecule has 2 N–H and O–H groups in total. The van der Waals surface area contributed by atoms with Crippen molar-refractivity contribution in [2.75, 3.05) is 6.54 Å². The summed E-state index contributed by atoms with van der Waals surface area (Å²) in [6.45, 7) is 0.246. The summed E-state index contributed by atoms with van der Waals surface area (Å²) in [5, 5.41) is 16.6. The molecule has 1 atom stereocenters. The fourth-order valence-electron chi connectivity index (χ4n) is 3.49. The van der Waals surface area contributed by atoms with Crippen molar-refractivity contribution in [3.05, 3.63) is 12.2 Å². The Labute approximate surface area is 126 Å². The van der Waals surface area contributed by atoms with Crippen LogP contribution in [-0.2, 0) is 4.79 Å². The van der Waals surface area contributed by atoms with Crippen LogP contribution in [0.1, 0.15) is 56.8 Å². The number of halogens is 2. The molecule has 0 radical (unpaired) electrons. The Kier molecular flexibility index (Phi) is 3.88. The Bertz CT molecular complexity index is 529. The molecule has 0 spiro atoms. The molecule has 1 aromatic heterocycles. The van der Waals surface area contributed by atoms with Gasteiger partial charge < -0.3 is 10.0 Å². The van der Waals surface area contributed by atoms with Crippen molar-refractivity contribution >= 4 is 5.91 Å². The van der Waals surface area contributed by atoms with Crippen molar-refractivity contribution in [2.24, 2.45) is 0 Å². The summed E-state index contributed by atoms with van der Waals surface area (Å²) >= 11 is 0. The number of amides is 1. The molecule has 3 rings (SSSR count). The number of H-pyrrole nitrogens is 1. The van der Waals surface area contributed by atoms with Gasteiger partial charge in [0.2, 0.25) is 0 Å². The predicted molar refractivity (Wildman–Crippen MR) is 73.1 cm³/mol. The van der Waals surface area contributed by atoms with E-state index >= 15 is 0 Å². The molecule has 1 saturated carbocycles. The molecule has 1 aliphatic carbocycles. The second-order valence-electron chi connectivity index (χ2n) is 6.19. The number of nitrogens with zero attached hydrogens (tertiary/aromatic N) is 3. The van der Waals surface area contributed by atoms with Crippen LogP contribution < -0.4 is 0 Å². The minimum absolute atomic E-state index is 0.0352. The Morgan fingerprint density at radius 2 is 2.09 bits per heavy atom. The third kappa shape index (κ3) is 2.39. The van der Waals surface area contributed by atoms with Crippen LogP contribution in [0.2, 0.25) is 0 Å². The van der Waals surface area contributed by atoms with Gasteiger partial charge in [-0.3, -0.25) is 9.89 Å². The van der Waals surface area contributed by atoms with E-state index in [2.05, 4.69) is 15.2 Å². The highest BCUT2D eigenvalue weighted by Crippen LogP contribution is 2.44. The van der Waals surface area contributed by atoms with Crippen LogP contribution in [0, 0.1) is 0 Å². The van der Waals surface area contributed by atoms with Crippen molar-refractivity contribution in [3.63, 3.8) is 0 Å². The van der Waals surface area contributed by atoms with Gasteiger partial charge in [0.05, 0.1) is 6.04 Å². The Morgan fingerprint density at radius 3 is 2.73 bits per heavy atom. The highest BCUT2D eigenvalue weighted by Gasteiger charge is 2.61. The Balaban J connectivity index is 1.85. The number of nitrogens with one attached hydrogen (secondary N) is 1. The van der Waals surface area contributed by atoms with Gasteiger partial charge >= 0.3 is 5.92 Å². The van der Waals surface area contributed by atoms with E-state index < -0.39 is 23.5 Å². The van der Waals surface area contributed by atoms with Crippen molar-refractivity contribution in [2.45, 2.75) is 62.5 Å². The average Bonchev–Trinajstić information content (AvgIpc) is 3.18. The van der Waals surface area contributed by atoms with Gasteiger partial charge in [0.1, 0.15) is 17.8 Å². The number of hydrogen-bond donors (Lipinski definition) is 2. The number of likely N-dealkylation sites (tertiary alicyclic amines) is 1. The molecule has 1 amide bonds. The zero-order valence-corrected chi connectivity index (χ0v) is 12.3. The monoisotopic (exact) mass is 314 g/mol. The fraction of sp³-hybridized carbons (Fsp3) is 0.786. The zero-order valence-electron chi connectivity index (χ0n) is 12.3. The SMILES string of the molecule is O=C(N1CCCC[C@@H]1c1ncn[nH]1)C(F)(F)C1(O)CCCC1. The predicted octanol–water partition coefficient (Wildman–Crippen LogP) is 1.80. The summed E-state index contributed by atoms with van der Waals surface area (Å²) in [6.07, 6.45) is 4.34. The maximum atomic E-state index is 14.6. The number of carbonyl (C=O) groups excluding carboxylic acids is 1. The topological polar surface area (TPSA) is 82.1 Å². The molecule has 0 unspecified atom stereocenters. The van der Waals surface area contributed by atoms with Crippen molar-refractivity contribution in [1.29, 1.82) is 0 Å². The van der Waals surface area contributed by atoms with Crippen LogP contribution in [-0.4, -0.2) is 49.2 Å².